The highest BCUT2D eigenvalue weighted by Gasteiger charge is 2.23. The molecule has 0 aliphatic heterocycles. The fraction of sp³-hybridized carbons (Fsp3) is 0.438. The fourth-order valence-electron chi connectivity index (χ4n) is 2.53. The van der Waals surface area contributed by atoms with Gasteiger partial charge < -0.3 is 5.32 Å². The van der Waals surface area contributed by atoms with Gasteiger partial charge in [-0.25, -0.2) is 0 Å². The Morgan fingerprint density at radius 1 is 1.35 bits per heavy atom. The lowest BCUT2D eigenvalue weighted by atomic mass is 9.94. The summed E-state index contributed by atoms with van der Waals surface area (Å²) >= 11 is 3.61. The highest BCUT2D eigenvalue weighted by atomic mass is 79.9. The number of halogens is 1. The lowest BCUT2D eigenvalue weighted by molar-refractivity contribution is 0.556. The monoisotopic (exact) mass is 333 g/mol. The lowest BCUT2D eigenvalue weighted by Crippen LogP contribution is -2.25. The molecule has 1 saturated carbocycles. The molecule has 1 heterocycles. The summed E-state index contributed by atoms with van der Waals surface area (Å²) in [6, 6.07) is 11.5. The third-order valence-electron chi connectivity index (χ3n) is 3.95. The molecule has 20 heavy (non-hydrogen) atoms. The summed E-state index contributed by atoms with van der Waals surface area (Å²) in [6.45, 7) is 1.03. The van der Waals surface area contributed by atoms with Gasteiger partial charge in [0.15, 0.2) is 0 Å². The van der Waals surface area contributed by atoms with E-state index in [0.29, 0.717) is 5.92 Å². The van der Waals surface area contributed by atoms with Crippen molar-refractivity contribution in [2.75, 3.05) is 6.54 Å². The molecule has 3 nitrogen and oxygen atoms in total. The second-order valence-corrected chi connectivity index (χ2v) is 6.41. The van der Waals surface area contributed by atoms with Crippen LogP contribution in [0.5, 0.6) is 0 Å². The molecule has 3 rings (SSSR count). The Morgan fingerprint density at radius 3 is 2.70 bits per heavy atom. The third-order valence-corrected chi connectivity index (χ3v) is 4.61. The largest absolute Gasteiger partial charge is 0.313 e. The van der Waals surface area contributed by atoms with Crippen LogP contribution < -0.4 is 5.32 Å². The average molecular weight is 334 g/mol. The van der Waals surface area contributed by atoms with Gasteiger partial charge in [0.1, 0.15) is 0 Å². The minimum atomic E-state index is 0.489. The molecule has 1 aromatic heterocycles. The van der Waals surface area contributed by atoms with Crippen molar-refractivity contribution in [2.24, 2.45) is 7.05 Å². The van der Waals surface area contributed by atoms with Crippen molar-refractivity contribution in [3.8, 4) is 0 Å². The van der Waals surface area contributed by atoms with Crippen molar-refractivity contribution in [3.05, 3.63) is 52.3 Å². The van der Waals surface area contributed by atoms with Crippen LogP contribution in [0, 0.1) is 0 Å². The van der Waals surface area contributed by atoms with Crippen LogP contribution in [0.1, 0.15) is 30.0 Å². The zero-order chi connectivity index (χ0) is 13.9. The Balaban J connectivity index is 1.77. The van der Waals surface area contributed by atoms with Gasteiger partial charge in [-0.2, -0.15) is 5.10 Å². The van der Waals surface area contributed by atoms with Crippen LogP contribution in [0.3, 0.4) is 0 Å². The first-order chi connectivity index (χ1) is 9.74. The van der Waals surface area contributed by atoms with Gasteiger partial charge in [0.2, 0.25) is 0 Å². The molecule has 1 aromatic carbocycles. The Bertz CT molecular complexity index is 541. The van der Waals surface area contributed by atoms with E-state index in [0.717, 1.165) is 23.5 Å². The topological polar surface area (TPSA) is 29.9 Å². The quantitative estimate of drug-likeness (QED) is 0.879. The van der Waals surface area contributed by atoms with Gasteiger partial charge in [-0.1, -0.05) is 30.3 Å². The van der Waals surface area contributed by atoms with Crippen molar-refractivity contribution < 1.29 is 0 Å². The smallest absolute Gasteiger partial charge is 0.0635 e. The maximum absolute atomic E-state index is 4.32. The first-order valence-corrected chi connectivity index (χ1v) is 7.98. The van der Waals surface area contributed by atoms with Crippen LogP contribution in [-0.4, -0.2) is 22.4 Å². The highest BCUT2D eigenvalue weighted by molar-refractivity contribution is 9.10. The third kappa shape index (κ3) is 3.30. The van der Waals surface area contributed by atoms with E-state index in [9.17, 15) is 0 Å². The van der Waals surface area contributed by atoms with E-state index in [2.05, 4.69) is 56.7 Å². The molecule has 0 radical (unpaired) electrons. The van der Waals surface area contributed by atoms with Crippen molar-refractivity contribution in [1.29, 1.82) is 0 Å². The van der Waals surface area contributed by atoms with E-state index < -0.39 is 0 Å². The zero-order valence-electron chi connectivity index (χ0n) is 11.7. The number of aromatic nitrogens is 2. The molecule has 2 aromatic rings. The molecule has 1 aliphatic rings. The summed E-state index contributed by atoms with van der Waals surface area (Å²) in [5.74, 6) is 0.489. The number of hydrogen-bond acceptors (Lipinski definition) is 2. The van der Waals surface area contributed by atoms with Crippen molar-refractivity contribution in [2.45, 2.75) is 31.2 Å². The Labute approximate surface area is 128 Å². The summed E-state index contributed by atoms with van der Waals surface area (Å²) in [6.07, 6.45) is 5.54. The average Bonchev–Trinajstić information content (AvgIpc) is 3.25. The molecule has 1 aliphatic carbocycles. The van der Waals surface area contributed by atoms with Gasteiger partial charge in [-0.05, 0) is 40.8 Å². The van der Waals surface area contributed by atoms with E-state index in [-0.39, 0.29) is 0 Å². The first kappa shape index (κ1) is 13.8. The van der Waals surface area contributed by atoms with Gasteiger partial charge in [-0.15, -0.1) is 0 Å². The fourth-order valence-corrected chi connectivity index (χ4v) is 3.04. The molecule has 1 fully saturated rings. The van der Waals surface area contributed by atoms with Crippen molar-refractivity contribution in [3.63, 3.8) is 0 Å². The molecule has 4 heteroatoms. The summed E-state index contributed by atoms with van der Waals surface area (Å²) in [7, 11) is 2.01. The predicted molar refractivity (Wildman–Crippen MR) is 84.8 cm³/mol. The normalized spacial score (nSPS) is 16.3. The predicted octanol–water partition coefficient (Wildman–Crippen LogP) is 3.26. The van der Waals surface area contributed by atoms with Gasteiger partial charge in [-0.3, -0.25) is 4.68 Å². The van der Waals surface area contributed by atoms with Crippen LogP contribution in [0.25, 0.3) is 0 Å². The van der Waals surface area contributed by atoms with Crippen molar-refractivity contribution >= 4 is 15.9 Å². The first-order valence-electron chi connectivity index (χ1n) is 7.18. The van der Waals surface area contributed by atoms with E-state index in [4.69, 9.17) is 0 Å². The summed E-state index contributed by atoms with van der Waals surface area (Å²) in [4.78, 5) is 0. The SMILES string of the molecule is Cn1ncc(Br)c1CC(CNC1CC1)c1ccccc1. The summed E-state index contributed by atoms with van der Waals surface area (Å²) in [5.41, 5.74) is 2.66. The van der Waals surface area contributed by atoms with Gasteiger partial charge >= 0.3 is 0 Å². The minimum Gasteiger partial charge on any atom is -0.313 e. The zero-order valence-corrected chi connectivity index (χ0v) is 13.3. The standard InChI is InChI=1S/C16H20BrN3/c1-20-16(15(17)11-19-20)9-13(10-18-14-7-8-14)12-5-3-2-4-6-12/h2-6,11,13-14,18H,7-10H2,1H3. The maximum Gasteiger partial charge on any atom is 0.0635 e. The second-order valence-electron chi connectivity index (χ2n) is 5.56. The highest BCUT2D eigenvalue weighted by Crippen LogP contribution is 2.26. The van der Waals surface area contributed by atoms with Crippen LogP contribution in [0.2, 0.25) is 0 Å². The van der Waals surface area contributed by atoms with Crippen LogP contribution >= 0.6 is 15.9 Å². The van der Waals surface area contributed by atoms with Gasteiger partial charge in [0.25, 0.3) is 0 Å². The molecule has 0 bridgehead atoms. The number of rotatable bonds is 6. The minimum absolute atomic E-state index is 0.489. The van der Waals surface area contributed by atoms with Crippen LogP contribution in [0.15, 0.2) is 41.0 Å². The van der Waals surface area contributed by atoms with Gasteiger partial charge in [0, 0.05) is 25.6 Å². The van der Waals surface area contributed by atoms with E-state index >= 15 is 0 Å². The molecular weight excluding hydrogens is 314 g/mol. The van der Waals surface area contributed by atoms with Gasteiger partial charge in [0.05, 0.1) is 16.4 Å². The van der Waals surface area contributed by atoms with E-state index in [1.165, 1.54) is 24.1 Å². The molecular formula is C16H20BrN3. The van der Waals surface area contributed by atoms with E-state index in [1.54, 1.807) is 0 Å². The second kappa shape index (κ2) is 6.10. The molecule has 106 valence electrons. The van der Waals surface area contributed by atoms with Crippen LogP contribution in [0.4, 0.5) is 0 Å². The van der Waals surface area contributed by atoms with E-state index in [1.807, 2.05) is 17.9 Å². The summed E-state index contributed by atoms with van der Waals surface area (Å²) in [5, 5.41) is 7.98. The number of benzene rings is 1. The Morgan fingerprint density at radius 2 is 2.10 bits per heavy atom. The van der Waals surface area contributed by atoms with Crippen LogP contribution in [-0.2, 0) is 13.5 Å². The molecule has 1 N–H and O–H groups in total. The number of aryl methyl sites for hydroxylation is 1. The number of nitrogens with zero attached hydrogens (tertiary/aromatic N) is 2. The molecule has 0 amide bonds. The molecule has 0 saturated heterocycles. The number of hydrogen-bond donors (Lipinski definition) is 1. The molecule has 1 atom stereocenters. The molecule has 1 unspecified atom stereocenters. The lowest BCUT2D eigenvalue weighted by Gasteiger charge is -2.18. The Kier molecular flexibility index (Phi) is 4.22. The summed E-state index contributed by atoms with van der Waals surface area (Å²) < 4.78 is 3.07. The van der Waals surface area contributed by atoms with Crippen molar-refractivity contribution in [1.82, 2.24) is 15.1 Å². The Hall–Kier alpha value is -1.13. The number of nitrogens with one attached hydrogen (secondary N) is 1. The maximum atomic E-state index is 4.32. The molecule has 0 spiro atoms.